The predicted molar refractivity (Wildman–Crippen MR) is 134 cm³/mol. The summed E-state index contributed by atoms with van der Waals surface area (Å²) in [4.78, 5) is 32.0. The summed E-state index contributed by atoms with van der Waals surface area (Å²) in [6, 6.07) is 14.8. The van der Waals surface area contributed by atoms with Crippen molar-refractivity contribution in [1.29, 1.82) is 0 Å². The highest BCUT2D eigenvalue weighted by atomic mass is 32.2. The first kappa shape index (κ1) is 22.9. The number of anilines is 1. The van der Waals surface area contributed by atoms with Gasteiger partial charge in [-0.05, 0) is 49.2 Å². The molecular formula is C25H25N7O2S. The van der Waals surface area contributed by atoms with Gasteiger partial charge in [0.05, 0.1) is 17.1 Å². The van der Waals surface area contributed by atoms with Crippen molar-refractivity contribution in [1.82, 2.24) is 29.2 Å². The highest BCUT2D eigenvalue weighted by Gasteiger charge is 2.34. The summed E-state index contributed by atoms with van der Waals surface area (Å²) in [6.07, 6.45) is 8.71. The van der Waals surface area contributed by atoms with Gasteiger partial charge in [0.2, 0.25) is 11.8 Å². The lowest BCUT2D eigenvalue weighted by Gasteiger charge is -2.24. The Balaban J connectivity index is 1.24. The molecule has 1 aromatic carbocycles. The largest absolute Gasteiger partial charge is 0.330 e. The summed E-state index contributed by atoms with van der Waals surface area (Å²) in [5.74, 6) is 0.646. The molecule has 4 aromatic rings. The van der Waals surface area contributed by atoms with Crippen LogP contribution in [0.5, 0.6) is 0 Å². The van der Waals surface area contributed by atoms with Gasteiger partial charge in [0.1, 0.15) is 6.04 Å². The Morgan fingerprint density at radius 3 is 2.63 bits per heavy atom. The summed E-state index contributed by atoms with van der Waals surface area (Å²) in [7, 11) is 1.87. The molecule has 5 rings (SSSR count). The molecule has 0 radical (unpaired) electrons. The van der Waals surface area contributed by atoms with Crippen LogP contribution in [0.15, 0.2) is 78.5 Å². The topological polar surface area (TPSA) is 97.9 Å². The zero-order valence-corrected chi connectivity index (χ0v) is 20.1. The summed E-state index contributed by atoms with van der Waals surface area (Å²) < 4.78 is 3.81. The van der Waals surface area contributed by atoms with E-state index in [0.29, 0.717) is 29.6 Å². The molecule has 1 N–H and O–H groups in total. The molecule has 1 saturated heterocycles. The van der Waals surface area contributed by atoms with E-state index in [1.54, 1.807) is 17.3 Å². The molecule has 10 heteroatoms. The SMILES string of the molecule is Cn1c(SCC(=O)N2CCCC2C(=O)Nc2ccccc2-n2cccc2)nnc1-c1ccncc1. The Bertz CT molecular complexity index is 1320. The first-order chi connectivity index (χ1) is 17.1. The maximum absolute atomic E-state index is 13.2. The van der Waals surface area contributed by atoms with Gasteiger partial charge in [-0.25, -0.2) is 0 Å². The number of nitrogens with zero attached hydrogens (tertiary/aromatic N) is 6. The Morgan fingerprint density at radius 2 is 1.83 bits per heavy atom. The van der Waals surface area contributed by atoms with Crippen molar-refractivity contribution < 1.29 is 9.59 Å². The monoisotopic (exact) mass is 487 g/mol. The second-order valence-electron chi connectivity index (χ2n) is 8.23. The summed E-state index contributed by atoms with van der Waals surface area (Å²) >= 11 is 1.32. The van der Waals surface area contributed by atoms with Gasteiger partial charge in [-0.3, -0.25) is 14.6 Å². The number of pyridine rings is 1. The normalized spacial score (nSPS) is 15.3. The number of hydrogen-bond acceptors (Lipinski definition) is 6. The Hall–Kier alpha value is -3.92. The molecule has 1 aliphatic heterocycles. The minimum absolute atomic E-state index is 0.0835. The average Bonchev–Trinajstić information content (AvgIpc) is 3.65. The number of para-hydroxylation sites is 2. The molecule has 0 spiro atoms. The number of thioether (sulfide) groups is 1. The Kier molecular flexibility index (Phi) is 6.62. The fourth-order valence-electron chi connectivity index (χ4n) is 4.26. The molecule has 1 fully saturated rings. The molecule has 178 valence electrons. The van der Waals surface area contributed by atoms with Gasteiger partial charge in [0, 0.05) is 43.9 Å². The minimum Gasteiger partial charge on any atom is -0.330 e. The highest BCUT2D eigenvalue weighted by Crippen LogP contribution is 2.26. The zero-order chi connectivity index (χ0) is 24.2. The number of nitrogens with one attached hydrogen (secondary N) is 1. The van der Waals surface area contributed by atoms with Crippen molar-refractivity contribution in [3.05, 3.63) is 73.3 Å². The molecule has 0 aliphatic carbocycles. The van der Waals surface area contributed by atoms with Crippen LogP contribution in [-0.4, -0.2) is 59.4 Å². The number of carbonyl (C=O) groups excluding carboxylic acids is 2. The quantitative estimate of drug-likeness (QED) is 0.401. The van der Waals surface area contributed by atoms with Crippen LogP contribution in [0.4, 0.5) is 5.69 Å². The van der Waals surface area contributed by atoms with E-state index in [2.05, 4.69) is 20.5 Å². The van der Waals surface area contributed by atoms with E-state index in [4.69, 9.17) is 0 Å². The van der Waals surface area contributed by atoms with Crippen molar-refractivity contribution in [2.24, 2.45) is 7.05 Å². The van der Waals surface area contributed by atoms with Crippen molar-refractivity contribution in [3.8, 4) is 17.1 Å². The number of rotatable bonds is 7. The third kappa shape index (κ3) is 4.83. The fraction of sp³-hybridized carbons (Fsp3) is 0.240. The number of benzene rings is 1. The summed E-state index contributed by atoms with van der Waals surface area (Å²) in [5, 5.41) is 12.2. The maximum Gasteiger partial charge on any atom is 0.247 e. The average molecular weight is 488 g/mol. The molecule has 35 heavy (non-hydrogen) atoms. The van der Waals surface area contributed by atoms with Gasteiger partial charge in [-0.1, -0.05) is 23.9 Å². The molecule has 0 bridgehead atoms. The lowest BCUT2D eigenvalue weighted by atomic mass is 10.2. The molecule has 2 amide bonds. The van der Waals surface area contributed by atoms with E-state index in [-0.39, 0.29) is 17.6 Å². The van der Waals surface area contributed by atoms with Gasteiger partial charge < -0.3 is 19.4 Å². The number of hydrogen-bond donors (Lipinski definition) is 1. The van der Waals surface area contributed by atoms with Gasteiger partial charge in [-0.2, -0.15) is 0 Å². The fourth-order valence-corrected chi connectivity index (χ4v) is 5.05. The van der Waals surface area contributed by atoms with Gasteiger partial charge in [0.25, 0.3) is 0 Å². The molecule has 3 aromatic heterocycles. The van der Waals surface area contributed by atoms with Crippen LogP contribution in [-0.2, 0) is 16.6 Å². The Labute approximate surface area is 207 Å². The molecule has 0 saturated carbocycles. The van der Waals surface area contributed by atoms with Crippen molar-refractivity contribution >= 4 is 29.3 Å². The highest BCUT2D eigenvalue weighted by molar-refractivity contribution is 7.99. The maximum atomic E-state index is 13.2. The third-order valence-corrected chi connectivity index (χ3v) is 7.02. The zero-order valence-electron chi connectivity index (χ0n) is 19.2. The number of likely N-dealkylation sites (tertiary alicyclic amines) is 1. The lowest BCUT2D eigenvalue weighted by molar-refractivity contribution is -0.134. The Morgan fingerprint density at radius 1 is 1.06 bits per heavy atom. The second kappa shape index (κ2) is 10.1. The lowest BCUT2D eigenvalue weighted by Crippen LogP contribution is -2.44. The first-order valence-corrected chi connectivity index (χ1v) is 12.4. The molecule has 1 unspecified atom stereocenters. The van der Waals surface area contributed by atoms with Crippen LogP contribution in [0, 0.1) is 0 Å². The number of carbonyl (C=O) groups is 2. The van der Waals surface area contributed by atoms with Crippen molar-refractivity contribution in [3.63, 3.8) is 0 Å². The molecule has 1 aliphatic rings. The van der Waals surface area contributed by atoms with E-state index in [1.807, 2.05) is 77.1 Å². The van der Waals surface area contributed by atoms with Crippen molar-refractivity contribution in [2.45, 2.75) is 24.0 Å². The van der Waals surface area contributed by atoms with E-state index < -0.39 is 6.04 Å². The summed E-state index contributed by atoms with van der Waals surface area (Å²) in [6.45, 7) is 0.567. The molecule has 1 atom stereocenters. The molecule has 9 nitrogen and oxygen atoms in total. The first-order valence-electron chi connectivity index (χ1n) is 11.4. The summed E-state index contributed by atoms with van der Waals surface area (Å²) in [5.41, 5.74) is 2.50. The standard InChI is InChI=1S/C25H25N7O2S/c1-30-23(18-10-12-26-13-11-18)28-29-25(30)35-17-22(33)32-16-6-9-21(32)24(34)27-19-7-2-3-8-20(19)31-14-4-5-15-31/h2-5,7-8,10-15,21H,6,9,16-17H2,1H3,(H,27,34). The van der Waals surface area contributed by atoms with Crippen LogP contribution in [0.1, 0.15) is 12.8 Å². The van der Waals surface area contributed by atoms with Crippen LogP contribution < -0.4 is 5.32 Å². The van der Waals surface area contributed by atoms with Crippen molar-refractivity contribution in [2.75, 3.05) is 17.6 Å². The van der Waals surface area contributed by atoms with E-state index in [1.165, 1.54) is 11.8 Å². The number of amides is 2. The smallest absolute Gasteiger partial charge is 0.247 e. The van der Waals surface area contributed by atoms with Gasteiger partial charge in [0.15, 0.2) is 11.0 Å². The number of aromatic nitrogens is 5. The van der Waals surface area contributed by atoms with E-state index in [0.717, 1.165) is 17.7 Å². The molecular weight excluding hydrogens is 462 g/mol. The third-order valence-electron chi connectivity index (χ3n) is 6.02. The van der Waals surface area contributed by atoms with Crippen LogP contribution in [0.25, 0.3) is 17.1 Å². The second-order valence-corrected chi connectivity index (χ2v) is 9.17. The van der Waals surface area contributed by atoms with E-state index >= 15 is 0 Å². The van der Waals surface area contributed by atoms with Gasteiger partial charge in [-0.15, -0.1) is 10.2 Å². The van der Waals surface area contributed by atoms with Crippen LogP contribution in [0.3, 0.4) is 0 Å². The molecule has 4 heterocycles. The van der Waals surface area contributed by atoms with Gasteiger partial charge >= 0.3 is 0 Å². The predicted octanol–water partition coefficient (Wildman–Crippen LogP) is 3.39. The van der Waals surface area contributed by atoms with E-state index in [9.17, 15) is 9.59 Å². The van der Waals surface area contributed by atoms with Crippen LogP contribution in [0.2, 0.25) is 0 Å². The van der Waals surface area contributed by atoms with Crippen LogP contribution >= 0.6 is 11.8 Å². The minimum atomic E-state index is -0.493.